The Labute approximate surface area is 123 Å². The predicted octanol–water partition coefficient (Wildman–Crippen LogP) is 3.76. The zero-order valence-corrected chi connectivity index (χ0v) is 12.8. The fourth-order valence-electron chi connectivity index (χ4n) is 4.99. The van der Waals surface area contributed by atoms with Gasteiger partial charge in [-0.1, -0.05) is 0 Å². The maximum Gasteiger partial charge on any atom is 0.0542 e. The summed E-state index contributed by atoms with van der Waals surface area (Å²) in [5, 5.41) is 3.82. The molecule has 5 rings (SSSR count). The van der Waals surface area contributed by atoms with Gasteiger partial charge in [-0.25, -0.2) is 0 Å². The van der Waals surface area contributed by atoms with Gasteiger partial charge in [-0.2, -0.15) is 0 Å². The summed E-state index contributed by atoms with van der Waals surface area (Å²) in [7, 11) is 0. The fourth-order valence-corrected chi connectivity index (χ4v) is 5.23. The summed E-state index contributed by atoms with van der Waals surface area (Å²) in [5.74, 6) is 4.02. The van der Waals surface area contributed by atoms with Gasteiger partial charge in [-0.15, -0.1) is 0 Å². The summed E-state index contributed by atoms with van der Waals surface area (Å²) in [6.07, 6.45) is 9.37. The van der Waals surface area contributed by atoms with E-state index >= 15 is 0 Å². The maximum atomic E-state index is 4.47. The van der Waals surface area contributed by atoms with Gasteiger partial charge in [0.05, 0.1) is 5.69 Å². The monoisotopic (exact) mass is 320 g/mol. The third kappa shape index (κ3) is 2.36. The lowest BCUT2D eigenvalue weighted by molar-refractivity contribution is -0.0143. The average molecular weight is 321 g/mol. The van der Waals surface area contributed by atoms with Gasteiger partial charge in [0, 0.05) is 23.3 Å². The molecule has 1 heterocycles. The highest BCUT2D eigenvalue weighted by Gasteiger charge is 2.47. The lowest BCUT2D eigenvalue weighted by Gasteiger charge is -2.54. The van der Waals surface area contributed by atoms with Crippen LogP contribution in [0.3, 0.4) is 0 Å². The van der Waals surface area contributed by atoms with Gasteiger partial charge >= 0.3 is 0 Å². The largest absolute Gasteiger partial charge is 0.308 e. The molecule has 4 bridgehead atoms. The minimum Gasteiger partial charge on any atom is -0.308 e. The van der Waals surface area contributed by atoms with Crippen molar-refractivity contribution in [1.82, 2.24) is 10.3 Å². The van der Waals surface area contributed by atoms with Crippen molar-refractivity contribution in [3.63, 3.8) is 0 Å². The highest BCUT2D eigenvalue weighted by atomic mass is 79.9. The Morgan fingerprint density at radius 3 is 2.32 bits per heavy atom. The molecular weight excluding hydrogens is 300 g/mol. The number of nitrogens with zero attached hydrogens (tertiary/aromatic N) is 1. The molecule has 1 aromatic rings. The molecule has 0 aromatic carbocycles. The summed E-state index contributed by atoms with van der Waals surface area (Å²) in [5.41, 5.74) is 1.16. The molecule has 19 heavy (non-hydrogen) atoms. The van der Waals surface area contributed by atoms with Crippen molar-refractivity contribution >= 4 is 15.9 Å². The Bertz CT molecular complexity index is 428. The van der Waals surface area contributed by atoms with Crippen molar-refractivity contribution in [2.75, 3.05) is 0 Å². The van der Waals surface area contributed by atoms with Crippen molar-refractivity contribution < 1.29 is 0 Å². The van der Waals surface area contributed by atoms with Crippen molar-refractivity contribution in [3.8, 4) is 0 Å². The van der Waals surface area contributed by atoms with Gasteiger partial charge < -0.3 is 5.32 Å². The lowest BCUT2D eigenvalue weighted by atomic mass is 9.54. The number of halogens is 1. The van der Waals surface area contributed by atoms with Crippen molar-refractivity contribution in [2.24, 2.45) is 23.7 Å². The third-order valence-electron chi connectivity index (χ3n) is 5.53. The average Bonchev–Trinajstić information content (AvgIpc) is 2.39. The molecule has 2 nitrogen and oxygen atoms in total. The van der Waals surface area contributed by atoms with Crippen LogP contribution in [0.5, 0.6) is 0 Å². The summed E-state index contributed by atoms with van der Waals surface area (Å²) < 4.78 is 1.06. The van der Waals surface area contributed by atoms with Gasteiger partial charge in [0.15, 0.2) is 0 Å². The van der Waals surface area contributed by atoms with Crippen LogP contribution in [-0.4, -0.2) is 11.0 Å². The zero-order valence-electron chi connectivity index (χ0n) is 11.2. The minimum atomic E-state index is 0.762. The van der Waals surface area contributed by atoms with E-state index in [1.54, 1.807) is 0 Å². The standard InChI is InChI=1S/C16H21BrN2/c17-14-1-2-15(18-8-14)9-19-16-12-4-10-3-11(6-12)7-13(16)5-10/h1-2,8,10-13,16,19H,3-7,9H2. The molecule has 0 aliphatic heterocycles. The lowest BCUT2D eigenvalue weighted by Crippen LogP contribution is -2.54. The first-order valence-electron chi connectivity index (χ1n) is 7.62. The number of hydrogen-bond donors (Lipinski definition) is 1. The molecule has 0 amide bonds. The number of nitrogens with one attached hydrogen (secondary N) is 1. The van der Waals surface area contributed by atoms with E-state index in [1.165, 1.54) is 32.1 Å². The first-order chi connectivity index (χ1) is 9.28. The van der Waals surface area contributed by atoms with Crippen LogP contribution in [0.15, 0.2) is 22.8 Å². The number of rotatable bonds is 3. The number of aromatic nitrogens is 1. The molecule has 0 radical (unpaired) electrons. The van der Waals surface area contributed by atoms with E-state index in [1.807, 2.05) is 6.20 Å². The van der Waals surface area contributed by atoms with E-state index < -0.39 is 0 Å². The molecule has 1 N–H and O–H groups in total. The summed E-state index contributed by atoms with van der Waals surface area (Å²) >= 11 is 3.44. The first-order valence-corrected chi connectivity index (χ1v) is 8.41. The van der Waals surface area contributed by atoms with Crippen LogP contribution in [0.4, 0.5) is 0 Å². The number of hydrogen-bond acceptors (Lipinski definition) is 2. The van der Waals surface area contributed by atoms with Crippen molar-refractivity contribution in [1.29, 1.82) is 0 Å². The summed E-state index contributed by atoms with van der Waals surface area (Å²) in [6, 6.07) is 4.96. The van der Waals surface area contributed by atoms with Crippen LogP contribution in [0.1, 0.15) is 37.8 Å². The van der Waals surface area contributed by atoms with Crippen LogP contribution in [-0.2, 0) is 6.54 Å². The molecule has 4 aliphatic carbocycles. The first kappa shape index (κ1) is 12.3. The van der Waals surface area contributed by atoms with Crippen LogP contribution >= 0.6 is 15.9 Å². The summed E-state index contributed by atoms with van der Waals surface area (Å²) in [6.45, 7) is 0.931. The molecular formula is C16H21BrN2. The highest BCUT2D eigenvalue weighted by molar-refractivity contribution is 9.10. The second-order valence-electron chi connectivity index (χ2n) is 6.81. The van der Waals surface area contributed by atoms with Crippen LogP contribution in [0.2, 0.25) is 0 Å². The smallest absolute Gasteiger partial charge is 0.0542 e. The molecule has 102 valence electrons. The molecule has 4 aliphatic rings. The second-order valence-corrected chi connectivity index (χ2v) is 7.72. The Kier molecular flexibility index (Phi) is 3.15. The van der Waals surface area contributed by atoms with Gasteiger partial charge in [-0.05, 0) is 83.8 Å². The van der Waals surface area contributed by atoms with Gasteiger partial charge in [0.2, 0.25) is 0 Å². The topological polar surface area (TPSA) is 24.9 Å². The van der Waals surface area contributed by atoms with E-state index in [2.05, 4.69) is 38.4 Å². The molecule has 4 saturated carbocycles. The normalized spacial score (nSPS) is 39.7. The Hall–Kier alpha value is -0.410. The van der Waals surface area contributed by atoms with E-state index in [0.717, 1.165) is 46.4 Å². The van der Waals surface area contributed by atoms with Crippen molar-refractivity contribution in [3.05, 3.63) is 28.5 Å². The van der Waals surface area contributed by atoms with Crippen LogP contribution < -0.4 is 5.32 Å². The molecule has 3 heteroatoms. The van der Waals surface area contributed by atoms with Crippen molar-refractivity contribution in [2.45, 2.75) is 44.7 Å². The number of pyridine rings is 1. The third-order valence-corrected chi connectivity index (χ3v) is 6.00. The van der Waals surface area contributed by atoms with Gasteiger partial charge in [0.1, 0.15) is 0 Å². The Morgan fingerprint density at radius 2 is 1.74 bits per heavy atom. The zero-order chi connectivity index (χ0) is 12.8. The SMILES string of the molecule is Brc1ccc(CNC2C3CC4CC(C3)CC2C4)nc1. The Morgan fingerprint density at radius 1 is 1.05 bits per heavy atom. The second kappa shape index (κ2) is 4.85. The maximum absolute atomic E-state index is 4.47. The summed E-state index contributed by atoms with van der Waals surface area (Å²) in [4.78, 5) is 4.47. The molecule has 0 atom stereocenters. The van der Waals surface area contributed by atoms with E-state index in [0.29, 0.717) is 0 Å². The molecule has 1 aromatic heterocycles. The van der Waals surface area contributed by atoms with Crippen LogP contribution in [0, 0.1) is 23.7 Å². The molecule has 0 saturated heterocycles. The molecule has 0 spiro atoms. The van der Waals surface area contributed by atoms with Crippen LogP contribution in [0.25, 0.3) is 0 Å². The van der Waals surface area contributed by atoms with E-state index in [-0.39, 0.29) is 0 Å². The quantitative estimate of drug-likeness (QED) is 0.917. The highest BCUT2D eigenvalue weighted by Crippen LogP contribution is 2.53. The van der Waals surface area contributed by atoms with Gasteiger partial charge in [0.25, 0.3) is 0 Å². The molecule has 4 fully saturated rings. The fraction of sp³-hybridized carbons (Fsp3) is 0.688. The van der Waals surface area contributed by atoms with E-state index in [9.17, 15) is 0 Å². The minimum absolute atomic E-state index is 0.762. The van der Waals surface area contributed by atoms with E-state index in [4.69, 9.17) is 0 Å². The Balaban J connectivity index is 1.42. The predicted molar refractivity (Wildman–Crippen MR) is 79.6 cm³/mol. The molecule has 0 unspecified atom stereocenters. The van der Waals surface area contributed by atoms with Gasteiger partial charge in [-0.3, -0.25) is 4.98 Å².